The lowest BCUT2D eigenvalue weighted by atomic mass is 10.1. The largest absolute Gasteiger partial charge is 0.394 e. The van der Waals surface area contributed by atoms with Crippen molar-refractivity contribution in [1.82, 2.24) is 9.97 Å². The molecule has 0 amide bonds. The van der Waals surface area contributed by atoms with Gasteiger partial charge in [0.05, 0.1) is 12.6 Å². The first-order valence-electron chi connectivity index (χ1n) is 6.74. The van der Waals surface area contributed by atoms with E-state index in [1.807, 2.05) is 4.90 Å². The number of aromatic nitrogens is 2. The van der Waals surface area contributed by atoms with Gasteiger partial charge in [-0.2, -0.15) is 0 Å². The fraction of sp³-hybridized carbons (Fsp3) is 0.333. The van der Waals surface area contributed by atoms with Gasteiger partial charge in [-0.15, -0.1) is 0 Å². The van der Waals surface area contributed by atoms with Crippen LogP contribution >= 0.6 is 0 Å². The molecule has 0 spiro atoms. The Morgan fingerprint density at radius 3 is 2.85 bits per heavy atom. The molecule has 0 aliphatic carbocycles. The van der Waals surface area contributed by atoms with Gasteiger partial charge >= 0.3 is 0 Å². The van der Waals surface area contributed by atoms with Crippen LogP contribution in [0.3, 0.4) is 0 Å². The van der Waals surface area contributed by atoms with Crippen molar-refractivity contribution in [3.8, 4) is 11.3 Å². The Labute approximate surface area is 116 Å². The average Bonchev–Trinajstić information content (AvgIpc) is 2.96. The minimum absolute atomic E-state index is 0.0391. The van der Waals surface area contributed by atoms with Gasteiger partial charge in [0.1, 0.15) is 11.5 Å². The van der Waals surface area contributed by atoms with Crippen molar-refractivity contribution in [2.24, 2.45) is 0 Å². The van der Waals surface area contributed by atoms with Gasteiger partial charge in [0.25, 0.3) is 0 Å². The van der Waals surface area contributed by atoms with Crippen LogP contribution in [0.2, 0.25) is 0 Å². The predicted molar refractivity (Wildman–Crippen MR) is 74.9 cm³/mol. The maximum Gasteiger partial charge on any atom is 0.155 e. The normalized spacial score (nSPS) is 18.5. The number of hydrogen-bond acceptors (Lipinski definition) is 4. The maximum absolute atomic E-state index is 14.0. The summed E-state index contributed by atoms with van der Waals surface area (Å²) in [5, 5.41) is 9.45. The Morgan fingerprint density at radius 1 is 1.25 bits per heavy atom. The van der Waals surface area contributed by atoms with Crippen LogP contribution in [0.4, 0.5) is 10.2 Å². The topological polar surface area (TPSA) is 49.2 Å². The van der Waals surface area contributed by atoms with E-state index in [4.69, 9.17) is 0 Å². The molecule has 1 aromatic heterocycles. The van der Waals surface area contributed by atoms with E-state index in [0.717, 1.165) is 19.4 Å². The fourth-order valence-electron chi connectivity index (χ4n) is 2.69. The molecule has 1 unspecified atom stereocenters. The lowest BCUT2D eigenvalue weighted by Crippen LogP contribution is -2.33. The van der Waals surface area contributed by atoms with Crippen molar-refractivity contribution in [2.45, 2.75) is 18.9 Å². The van der Waals surface area contributed by atoms with Gasteiger partial charge in [-0.1, -0.05) is 12.1 Å². The minimum Gasteiger partial charge on any atom is -0.394 e. The number of benzene rings is 1. The molecule has 20 heavy (non-hydrogen) atoms. The third kappa shape index (κ3) is 2.25. The second-order valence-electron chi connectivity index (χ2n) is 4.88. The summed E-state index contributed by atoms with van der Waals surface area (Å²) in [6, 6.07) is 6.59. The monoisotopic (exact) mass is 273 g/mol. The molecule has 3 rings (SSSR count). The number of aliphatic hydroxyl groups excluding tert-OH is 1. The molecule has 0 radical (unpaired) electrons. The van der Waals surface area contributed by atoms with Gasteiger partial charge in [0.2, 0.25) is 0 Å². The van der Waals surface area contributed by atoms with Crippen molar-refractivity contribution in [3.63, 3.8) is 0 Å². The SMILES string of the molecule is OCC1CCCN1c1nccnc1-c1ccccc1F. The summed E-state index contributed by atoms with van der Waals surface area (Å²) in [6.45, 7) is 0.888. The number of hydrogen-bond donors (Lipinski definition) is 1. The molecule has 1 fully saturated rings. The van der Waals surface area contributed by atoms with E-state index in [0.29, 0.717) is 17.1 Å². The lowest BCUT2D eigenvalue weighted by molar-refractivity contribution is 0.266. The molecule has 2 aromatic rings. The lowest BCUT2D eigenvalue weighted by Gasteiger charge is -2.25. The van der Waals surface area contributed by atoms with Crippen LogP contribution in [-0.4, -0.2) is 34.3 Å². The van der Waals surface area contributed by atoms with E-state index in [-0.39, 0.29) is 18.5 Å². The second kappa shape index (κ2) is 5.54. The zero-order valence-corrected chi connectivity index (χ0v) is 11.0. The summed E-state index contributed by atoms with van der Waals surface area (Å²) in [4.78, 5) is 10.7. The van der Waals surface area contributed by atoms with E-state index < -0.39 is 0 Å². The molecule has 104 valence electrons. The molecule has 1 N–H and O–H groups in total. The van der Waals surface area contributed by atoms with Gasteiger partial charge in [-0.3, -0.25) is 4.98 Å². The standard InChI is InChI=1S/C15H16FN3O/c16-13-6-2-1-5-12(13)14-15(18-8-7-17-14)19-9-3-4-11(19)10-20/h1-2,5-8,11,20H,3-4,9-10H2. The molecule has 4 nitrogen and oxygen atoms in total. The molecule has 1 aliphatic rings. The van der Waals surface area contributed by atoms with Gasteiger partial charge in [0, 0.05) is 24.5 Å². The molecule has 2 heterocycles. The van der Waals surface area contributed by atoms with E-state index in [2.05, 4.69) is 9.97 Å². The number of anilines is 1. The molecule has 1 saturated heterocycles. The van der Waals surface area contributed by atoms with Gasteiger partial charge < -0.3 is 10.0 Å². The molecule has 0 bridgehead atoms. The van der Waals surface area contributed by atoms with Gasteiger partial charge in [-0.05, 0) is 25.0 Å². The Kier molecular flexibility index (Phi) is 3.60. The minimum atomic E-state index is -0.311. The van der Waals surface area contributed by atoms with Crippen molar-refractivity contribution in [2.75, 3.05) is 18.1 Å². The smallest absolute Gasteiger partial charge is 0.155 e. The zero-order chi connectivity index (χ0) is 13.9. The molecular weight excluding hydrogens is 257 g/mol. The second-order valence-corrected chi connectivity index (χ2v) is 4.88. The maximum atomic E-state index is 14.0. The van der Waals surface area contributed by atoms with Crippen LogP contribution in [0, 0.1) is 5.82 Å². The van der Waals surface area contributed by atoms with E-state index in [1.165, 1.54) is 6.07 Å². The zero-order valence-electron chi connectivity index (χ0n) is 11.0. The first-order chi connectivity index (χ1) is 9.81. The van der Waals surface area contributed by atoms with Crippen molar-refractivity contribution in [1.29, 1.82) is 0 Å². The summed E-state index contributed by atoms with van der Waals surface area (Å²) in [5.74, 6) is 0.336. The van der Waals surface area contributed by atoms with E-state index in [9.17, 15) is 9.50 Å². The Bertz CT molecular complexity index is 605. The van der Waals surface area contributed by atoms with Crippen molar-refractivity contribution >= 4 is 5.82 Å². The number of rotatable bonds is 3. The highest BCUT2D eigenvalue weighted by molar-refractivity contribution is 5.72. The molecule has 1 aromatic carbocycles. The molecular formula is C15H16FN3O. The van der Waals surface area contributed by atoms with E-state index in [1.54, 1.807) is 30.6 Å². The van der Waals surface area contributed by atoms with Crippen molar-refractivity contribution < 1.29 is 9.50 Å². The van der Waals surface area contributed by atoms with Crippen LogP contribution in [0.15, 0.2) is 36.7 Å². The van der Waals surface area contributed by atoms with Crippen LogP contribution in [-0.2, 0) is 0 Å². The molecule has 0 saturated carbocycles. The average molecular weight is 273 g/mol. The predicted octanol–water partition coefficient (Wildman–Crippen LogP) is 2.24. The van der Waals surface area contributed by atoms with Crippen LogP contribution in [0.1, 0.15) is 12.8 Å². The third-order valence-corrected chi connectivity index (χ3v) is 3.67. The summed E-state index contributed by atoms with van der Waals surface area (Å²) in [7, 11) is 0. The summed E-state index contributed by atoms with van der Waals surface area (Å²) >= 11 is 0. The quantitative estimate of drug-likeness (QED) is 0.931. The Morgan fingerprint density at radius 2 is 2.05 bits per heavy atom. The third-order valence-electron chi connectivity index (χ3n) is 3.67. The highest BCUT2D eigenvalue weighted by Gasteiger charge is 2.28. The van der Waals surface area contributed by atoms with Crippen LogP contribution in [0.25, 0.3) is 11.3 Å². The highest BCUT2D eigenvalue weighted by atomic mass is 19.1. The fourth-order valence-corrected chi connectivity index (χ4v) is 2.69. The Balaban J connectivity index is 2.07. The van der Waals surface area contributed by atoms with Crippen LogP contribution in [0.5, 0.6) is 0 Å². The molecule has 1 aliphatic heterocycles. The number of aliphatic hydroxyl groups is 1. The highest BCUT2D eigenvalue weighted by Crippen LogP contribution is 2.32. The summed E-state index contributed by atoms with van der Waals surface area (Å²) < 4.78 is 14.0. The number of halogens is 1. The van der Waals surface area contributed by atoms with Gasteiger partial charge in [0.15, 0.2) is 5.82 Å². The number of nitrogens with zero attached hydrogens (tertiary/aromatic N) is 3. The van der Waals surface area contributed by atoms with Gasteiger partial charge in [-0.25, -0.2) is 9.37 Å². The summed E-state index contributed by atoms with van der Waals surface area (Å²) in [5.41, 5.74) is 0.977. The van der Waals surface area contributed by atoms with Crippen LogP contribution < -0.4 is 4.90 Å². The van der Waals surface area contributed by atoms with Crippen molar-refractivity contribution in [3.05, 3.63) is 42.5 Å². The summed E-state index contributed by atoms with van der Waals surface area (Å²) in [6.07, 6.45) is 5.09. The van der Waals surface area contributed by atoms with E-state index >= 15 is 0 Å². The molecule has 1 atom stereocenters. The first-order valence-corrected chi connectivity index (χ1v) is 6.74. The Hall–Kier alpha value is -2.01. The molecule has 5 heteroatoms. The first kappa shape index (κ1) is 13.0.